The highest BCUT2D eigenvalue weighted by Crippen LogP contribution is 2.32. The largest absolute Gasteiger partial charge is 0.337 e. The van der Waals surface area contributed by atoms with Crippen molar-refractivity contribution in [3.63, 3.8) is 0 Å². The van der Waals surface area contributed by atoms with Crippen molar-refractivity contribution in [2.24, 2.45) is 0 Å². The molecule has 24 heavy (non-hydrogen) atoms. The number of carbonyl (C=O) groups excluding carboxylic acids is 2. The molecule has 2 aliphatic heterocycles. The number of nitrogens with zero attached hydrogens (tertiary/aromatic N) is 2. The van der Waals surface area contributed by atoms with E-state index in [0.29, 0.717) is 49.6 Å². The van der Waals surface area contributed by atoms with E-state index in [1.807, 2.05) is 6.07 Å². The van der Waals surface area contributed by atoms with Gasteiger partial charge in [-0.1, -0.05) is 0 Å². The first-order valence-corrected chi connectivity index (χ1v) is 10.5. The number of nitrogens with one attached hydrogen (secondary N) is 1. The number of benzene rings is 1. The van der Waals surface area contributed by atoms with Crippen molar-refractivity contribution in [1.82, 2.24) is 9.21 Å². The van der Waals surface area contributed by atoms with E-state index < -0.39 is 10.0 Å². The zero-order chi connectivity index (χ0) is 17.3. The number of sulfonamides is 1. The van der Waals surface area contributed by atoms with Crippen LogP contribution >= 0.6 is 11.8 Å². The van der Waals surface area contributed by atoms with Crippen molar-refractivity contribution < 1.29 is 18.0 Å². The molecule has 130 valence electrons. The molecule has 0 radical (unpaired) electrons. The van der Waals surface area contributed by atoms with Crippen LogP contribution in [0.5, 0.6) is 0 Å². The summed E-state index contributed by atoms with van der Waals surface area (Å²) in [5, 5.41) is 2.78. The fourth-order valence-corrected chi connectivity index (χ4v) is 4.49. The molecule has 0 bridgehead atoms. The maximum absolute atomic E-state index is 12.7. The smallest absolute Gasteiger partial charge is 0.253 e. The molecule has 3 rings (SSSR count). The molecule has 0 aromatic heterocycles. The van der Waals surface area contributed by atoms with E-state index in [4.69, 9.17) is 0 Å². The van der Waals surface area contributed by atoms with E-state index >= 15 is 0 Å². The molecule has 2 aliphatic rings. The highest BCUT2D eigenvalue weighted by molar-refractivity contribution is 8.00. The van der Waals surface area contributed by atoms with Gasteiger partial charge in [-0.05, 0) is 24.6 Å². The zero-order valence-corrected chi connectivity index (χ0v) is 15.0. The van der Waals surface area contributed by atoms with Gasteiger partial charge < -0.3 is 10.2 Å². The average Bonchev–Trinajstić information content (AvgIpc) is 2.79. The van der Waals surface area contributed by atoms with Gasteiger partial charge in [0.25, 0.3) is 5.91 Å². The third kappa shape index (κ3) is 3.73. The molecule has 0 spiro atoms. The van der Waals surface area contributed by atoms with Gasteiger partial charge >= 0.3 is 0 Å². The van der Waals surface area contributed by atoms with Gasteiger partial charge in [0.05, 0.1) is 17.7 Å². The van der Waals surface area contributed by atoms with E-state index in [9.17, 15) is 18.0 Å². The Balaban J connectivity index is 1.75. The Hall–Kier alpha value is -1.58. The molecule has 2 amide bonds. The van der Waals surface area contributed by atoms with Gasteiger partial charge in [-0.2, -0.15) is 0 Å². The van der Waals surface area contributed by atoms with Crippen LogP contribution in [0.1, 0.15) is 16.8 Å². The maximum atomic E-state index is 12.7. The lowest BCUT2D eigenvalue weighted by Crippen LogP contribution is -2.37. The second-order valence-electron chi connectivity index (χ2n) is 5.86. The van der Waals surface area contributed by atoms with Crippen molar-refractivity contribution in [2.75, 3.05) is 43.5 Å². The highest BCUT2D eigenvalue weighted by Gasteiger charge is 2.25. The van der Waals surface area contributed by atoms with Gasteiger partial charge in [0.1, 0.15) is 0 Å². The fraction of sp³-hybridized carbons (Fsp3) is 0.467. The van der Waals surface area contributed by atoms with Crippen molar-refractivity contribution in [2.45, 2.75) is 11.3 Å². The van der Waals surface area contributed by atoms with Gasteiger partial charge in [-0.3, -0.25) is 9.59 Å². The Kier molecular flexibility index (Phi) is 4.84. The number of carbonyl (C=O) groups is 2. The van der Waals surface area contributed by atoms with Crippen LogP contribution in [0.4, 0.5) is 5.69 Å². The van der Waals surface area contributed by atoms with Crippen molar-refractivity contribution in [3.8, 4) is 0 Å². The third-order valence-corrected chi connectivity index (χ3v) is 6.45. The third-order valence-electron chi connectivity index (χ3n) is 4.07. The monoisotopic (exact) mass is 369 g/mol. The van der Waals surface area contributed by atoms with Crippen LogP contribution < -0.4 is 5.32 Å². The average molecular weight is 369 g/mol. The second-order valence-corrected chi connectivity index (χ2v) is 8.86. The first-order valence-electron chi connectivity index (χ1n) is 7.66. The lowest BCUT2D eigenvalue weighted by molar-refractivity contribution is -0.113. The molecule has 1 fully saturated rings. The Labute approximate surface area is 145 Å². The van der Waals surface area contributed by atoms with Crippen LogP contribution in [0.3, 0.4) is 0 Å². The molecule has 1 aromatic rings. The Morgan fingerprint density at radius 3 is 2.75 bits per heavy atom. The standard InChI is InChI=1S/C15H19N3O4S2/c1-24(21,22)18-6-2-5-17(7-8-18)15(20)11-3-4-13-12(9-11)16-14(19)10-23-13/h3-4,9H,2,5-8,10H2,1H3,(H,16,19). The van der Waals surface area contributed by atoms with Crippen LogP contribution in [0, 0.1) is 0 Å². The van der Waals surface area contributed by atoms with E-state index in [0.717, 1.165) is 4.90 Å². The maximum Gasteiger partial charge on any atom is 0.253 e. The Morgan fingerprint density at radius 1 is 1.21 bits per heavy atom. The number of amides is 2. The normalized spacial score (nSPS) is 19.4. The van der Waals surface area contributed by atoms with Crippen LogP contribution in [0.2, 0.25) is 0 Å². The fourth-order valence-electron chi connectivity index (χ4n) is 2.83. The molecule has 0 saturated carbocycles. The SMILES string of the molecule is CS(=O)(=O)N1CCCN(C(=O)c2ccc3c(c2)NC(=O)CS3)CC1. The van der Waals surface area contributed by atoms with Crippen LogP contribution in [0.25, 0.3) is 0 Å². The van der Waals surface area contributed by atoms with Gasteiger partial charge in [0.15, 0.2) is 0 Å². The van der Waals surface area contributed by atoms with Gasteiger partial charge in [-0.15, -0.1) is 11.8 Å². The number of fused-ring (bicyclic) bond motifs is 1. The second kappa shape index (κ2) is 6.73. The number of hydrogen-bond donors (Lipinski definition) is 1. The quantitative estimate of drug-likeness (QED) is 0.835. The molecule has 1 N–H and O–H groups in total. The molecule has 1 saturated heterocycles. The van der Waals surface area contributed by atoms with Crippen molar-refractivity contribution >= 4 is 39.3 Å². The molecule has 2 heterocycles. The van der Waals surface area contributed by atoms with Gasteiger partial charge in [0.2, 0.25) is 15.9 Å². The Bertz CT molecular complexity index is 779. The highest BCUT2D eigenvalue weighted by atomic mass is 32.2. The molecule has 9 heteroatoms. The Morgan fingerprint density at radius 2 is 2.00 bits per heavy atom. The first kappa shape index (κ1) is 17.2. The predicted octanol–water partition coefficient (Wildman–Crippen LogP) is 0.838. The minimum Gasteiger partial charge on any atom is -0.337 e. The van der Waals surface area contributed by atoms with Crippen molar-refractivity contribution in [3.05, 3.63) is 23.8 Å². The number of thioether (sulfide) groups is 1. The molecule has 0 unspecified atom stereocenters. The molecular formula is C15H19N3O4S2. The first-order chi connectivity index (χ1) is 11.3. The lowest BCUT2D eigenvalue weighted by Gasteiger charge is -2.22. The van der Waals surface area contributed by atoms with Crippen LogP contribution in [0.15, 0.2) is 23.1 Å². The van der Waals surface area contributed by atoms with Crippen LogP contribution in [-0.2, 0) is 14.8 Å². The summed E-state index contributed by atoms with van der Waals surface area (Å²) in [5.74, 6) is 0.168. The summed E-state index contributed by atoms with van der Waals surface area (Å²) in [6, 6.07) is 5.29. The molecule has 0 aliphatic carbocycles. The predicted molar refractivity (Wildman–Crippen MR) is 92.7 cm³/mol. The molecule has 1 aromatic carbocycles. The lowest BCUT2D eigenvalue weighted by atomic mass is 10.1. The summed E-state index contributed by atoms with van der Waals surface area (Å²) >= 11 is 1.45. The van der Waals surface area contributed by atoms with Gasteiger partial charge in [-0.25, -0.2) is 12.7 Å². The van der Waals surface area contributed by atoms with E-state index in [-0.39, 0.29) is 11.8 Å². The summed E-state index contributed by atoms with van der Waals surface area (Å²) in [4.78, 5) is 26.8. The van der Waals surface area contributed by atoms with Gasteiger partial charge in [0, 0.05) is 36.6 Å². The topological polar surface area (TPSA) is 86.8 Å². The van der Waals surface area contributed by atoms with E-state index in [1.54, 1.807) is 17.0 Å². The van der Waals surface area contributed by atoms with Crippen LogP contribution in [-0.4, -0.2) is 67.6 Å². The minimum absolute atomic E-state index is 0.0735. The summed E-state index contributed by atoms with van der Waals surface area (Å²) in [5.41, 5.74) is 1.17. The summed E-state index contributed by atoms with van der Waals surface area (Å²) in [6.45, 7) is 1.62. The number of rotatable bonds is 2. The minimum atomic E-state index is -3.24. The van der Waals surface area contributed by atoms with E-state index in [1.165, 1.54) is 22.3 Å². The summed E-state index contributed by atoms with van der Waals surface area (Å²) in [7, 11) is -3.24. The zero-order valence-electron chi connectivity index (χ0n) is 13.3. The molecular weight excluding hydrogens is 350 g/mol. The number of anilines is 1. The van der Waals surface area contributed by atoms with Crippen molar-refractivity contribution in [1.29, 1.82) is 0 Å². The number of hydrogen-bond acceptors (Lipinski definition) is 5. The summed E-state index contributed by atoms with van der Waals surface area (Å²) in [6.07, 6.45) is 1.80. The molecule has 7 nitrogen and oxygen atoms in total. The summed E-state index contributed by atoms with van der Waals surface area (Å²) < 4.78 is 24.7. The molecule has 0 atom stereocenters. The van der Waals surface area contributed by atoms with E-state index in [2.05, 4.69) is 5.32 Å².